The Hall–Kier alpha value is -2.17. The van der Waals surface area contributed by atoms with Crippen molar-refractivity contribution in [2.24, 2.45) is 0 Å². The summed E-state index contributed by atoms with van der Waals surface area (Å²) in [5, 5.41) is 8.84. The van der Waals surface area contributed by atoms with Crippen LogP contribution in [-0.2, 0) is 0 Å². The topological polar surface area (TPSA) is 59.3 Å². The molecule has 0 atom stereocenters. The van der Waals surface area contributed by atoms with Crippen LogP contribution in [0.4, 0.5) is 9.18 Å². The van der Waals surface area contributed by atoms with Crippen molar-refractivity contribution in [2.45, 2.75) is 0 Å². The summed E-state index contributed by atoms with van der Waals surface area (Å²) < 4.78 is 14.2. The summed E-state index contributed by atoms with van der Waals surface area (Å²) in [5.74, 6) is -0.602. The van der Waals surface area contributed by atoms with Crippen molar-refractivity contribution >= 4 is 23.3 Å². The number of aromatic nitrogens is 1. The number of hydrogen-bond donors (Lipinski definition) is 1. The van der Waals surface area contributed by atoms with Crippen LogP contribution in [0.2, 0.25) is 0 Å². The Kier molecular flexibility index (Phi) is 2.00. The van der Waals surface area contributed by atoms with Crippen LogP contribution in [0.5, 0.6) is 0 Å². The van der Waals surface area contributed by atoms with Gasteiger partial charge in [0, 0.05) is 17.1 Å². The van der Waals surface area contributed by atoms with E-state index in [9.17, 15) is 14.0 Å². The van der Waals surface area contributed by atoms with Crippen molar-refractivity contribution in [2.75, 3.05) is 0 Å². The monoisotopic (exact) mass is 207 g/mol. The van der Waals surface area contributed by atoms with Crippen molar-refractivity contribution in [3.63, 3.8) is 0 Å². The smallest absolute Gasteiger partial charge is 0.416 e. The maximum Gasteiger partial charge on any atom is 0.416 e. The first-order chi connectivity index (χ1) is 7.15. The zero-order valence-corrected chi connectivity index (χ0v) is 7.48. The molecular weight excluding hydrogens is 201 g/mol. The van der Waals surface area contributed by atoms with E-state index < -0.39 is 11.9 Å². The molecule has 0 aliphatic heterocycles. The molecule has 0 bridgehead atoms. The van der Waals surface area contributed by atoms with Crippen molar-refractivity contribution in [3.05, 3.63) is 35.8 Å². The van der Waals surface area contributed by atoms with Crippen molar-refractivity contribution in [3.8, 4) is 0 Å². The van der Waals surface area contributed by atoms with Crippen LogP contribution in [0.3, 0.4) is 0 Å². The fraction of sp³-hybridized carbons (Fsp3) is 0. The highest BCUT2D eigenvalue weighted by Crippen LogP contribution is 2.22. The molecule has 1 N–H and O–H groups in total. The predicted molar refractivity (Wildman–Crippen MR) is 50.7 cm³/mol. The quantitative estimate of drug-likeness (QED) is 0.728. The molecule has 76 valence electrons. The number of carbonyl (C=O) groups excluding carboxylic acids is 1. The molecule has 0 aliphatic carbocycles. The fourth-order valence-electron chi connectivity index (χ4n) is 1.52. The van der Waals surface area contributed by atoms with Gasteiger partial charge < -0.3 is 5.11 Å². The maximum atomic E-state index is 13.3. The number of carbonyl (C=O) groups is 2. The molecule has 0 fully saturated rings. The zero-order chi connectivity index (χ0) is 11.0. The Balaban J connectivity index is 2.93. The molecule has 0 aliphatic rings. The van der Waals surface area contributed by atoms with E-state index in [1.807, 2.05) is 0 Å². The second kappa shape index (κ2) is 3.20. The van der Waals surface area contributed by atoms with Gasteiger partial charge in [0.15, 0.2) is 6.29 Å². The van der Waals surface area contributed by atoms with E-state index in [4.69, 9.17) is 5.11 Å². The molecule has 5 heteroatoms. The van der Waals surface area contributed by atoms with Gasteiger partial charge in [0.05, 0.1) is 5.52 Å². The lowest BCUT2D eigenvalue weighted by atomic mass is 10.2. The highest BCUT2D eigenvalue weighted by atomic mass is 19.1. The van der Waals surface area contributed by atoms with E-state index in [1.165, 1.54) is 18.2 Å². The summed E-state index contributed by atoms with van der Waals surface area (Å²) >= 11 is 0. The van der Waals surface area contributed by atoms with Crippen LogP contribution < -0.4 is 0 Å². The number of nitrogens with zero attached hydrogens (tertiary/aromatic N) is 1. The van der Waals surface area contributed by atoms with Gasteiger partial charge in [0.1, 0.15) is 5.82 Å². The summed E-state index contributed by atoms with van der Waals surface area (Å²) in [6.07, 6.45) is 0.284. The van der Waals surface area contributed by atoms with Gasteiger partial charge in [-0.2, -0.15) is 0 Å². The second-order valence-electron chi connectivity index (χ2n) is 2.99. The molecule has 1 aromatic heterocycles. The van der Waals surface area contributed by atoms with Crippen molar-refractivity contribution in [1.82, 2.24) is 4.57 Å². The van der Waals surface area contributed by atoms with Gasteiger partial charge in [-0.3, -0.25) is 9.36 Å². The Bertz CT molecular complexity index is 559. The normalized spacial score (nSPS) is 10.5. The van der Waals surface area contributed by atoms with Gasteiger partial charge in [0.25, 0.3) is 0 Å². The number of fused-ring (bicyclic) bond motifs is 1. The summed E-state index contributed by atoms with van der Waals surface area (Å²) in [4.78, 5) is 21.4. The number of halogens is 1. The second-order valence-corrected chi connectivity index (χ2v) is 2.99. The van der Waals surface area contributed by atoms with Gasteiger partial charge >= 0.3 is 6.09 Å². The van der Waals surface area contributed by atoms with Crippen LogP contribution >= 0.6 is 0 Å². The Morgan fingerprint density at radius 2 is 2.20 bits per heavy atom. The van der Waals surface area contributed by atoms with Gasteiger partial charge in [-0.05, 0) is 12.1 Å². The van der Waals surface area contributed by atoms with Crippen LogP contribution in [0.25, 0.3) is 10.9 Å². The van der Waals surface area contributed by atoms with E-state index in [2.05, 4.69) is 0 Å². The van der Waals surface area contributed by atoms with E-state index in [1.54, 1.807) is 0 Å². The van der Waals surface area contributed by atoms with Gasteiger partial charge in [-0.15, -0.1) is 0 Å². The first-order valence-electron chi connectivity index (χ1n) is 4.13. The van der Waals surface area contributed by atoms with Gasteiger partial charge in [-0.25, -0.2) is 9.18 Å². The molecule has 2 rings (SSSR count). The molecule has 0 unspecified atom stereocenters. The third kappa shape index (κ3) is 1.28. The van der Waals surface area contributed by atoms with Gasteiger partial charge in [0.2, 0.25) is 0 Å². The van der Waals surface area contributed by atoms with Gasteiger partial charge in [-0.1, -0.05) is 6.07 Å². The largest absolute Gasteiger partial charge is 0.464 e. The predicted octanol–water partition coefficient (Wildman–Crippen LogP) is 2.12. The Morgan fingerprint density at radius 3 is 2.80 bits per heavy atom. The number of hydrogen-bond acceptors (Lipinski definition) is 2. The minimum atomic E-state index is -1.25. The molecule has 1 aromatic carbocycles. The molecule has 4 nitrogen and oxygen atoms in total. The average molecular weight is 207 g/mol. The summed E-state index contributed by atoms with van der Waals surface area (Å²) in [6, 6.07) is 4.02. The highest BCUT2D eigenvalue weighted by Gasteiger charge is 2.14. The van der Waals surface area contributed by atoms with Crippen LogP contribution in [0, 0.1) is 5.82 Å². The van der Waals surface area contributed by atoms with Crippen molar-refractivity contribution in [1.29, 1.82) is 0 Å². The summed E-state index contributed by atoms with van der Waals surface area (Å²) in [7, 11) is 0. The number of carboxylic acid groups (broad SMARTS) is 1. The molecule has 2 aromatic rings. The third-order valence-electron chi connectivity index (χ3n) is 2.14. The molecule has 0 amide bonds. The Labute approximate surface area is 83.5 Å². The number of aldehydes is 1. The zero-order valence-electron chi connectivity index (χ0n) is 7.48. The number of rotatable bonds is 1. The van der Waals surface area contributed by atoms with E-state index in [-0.39, 0.29) is 16.5 Å². The molecule has 0 saturated heterocycles. The lowest BCUT2D eigenvalue weighted by Crippen LogP contribution is -2.05. The molecule has 0 radical (unpaired) electrons. The minimum absolute atomic E-state index is 0.0329. The fourth-order valence-corrected chi connectivity index (χ4v) is 1.52. The molecule has 15 heavy (non-hydrogen) atoms. The molecule has 0 saturated carbocycles. The Morgan fingerprint density at radius 1 is 1.47 bits per heavy atom. The summed E-state index contributed by atoms with van der Waals surface area (Å²) in [5.41, 5.74) is 0.204. The van der Waals surface area contributed by atoms with Crippen molar-refractivity contribution < 1.29 is 19.1 Å². The van der Waals surface area contributed by atoms with E-state index in [0.29, 0.717) is 6.29 Å². The molecule has 0 spiro atoms. The molecule has 1 heterocycles. The highest BCUT2D eigenvalue weighted by molar-refractivity contribution is 6.01. The van der Waals surface area contributed by atoms with E-state index >= 15 is 0 Å². The standard InChI is InChI=1S/C10H6FNO3/c11-7-2-1-3-8-9(7)6(5-13)4-12(8)10(14)15/h1-5H,(H,14,15). The van der Waals surface area contributed by atoms with Crippen LogP contribution in [0.1, 0.15) is 10.4 Å². The average Bonchev–Trinajstić information content (AvgIpc) is 2.58. The first kappa shape index (κ1) is 9.39. The van der Waals surface area contributed by atoms with E-state index in [0.717, 1.165) is 10.8 Å². The minimum Gasteiger partial charge on any atom is -0.464 e. The SMILES string of the molecule is O=Cc1cn(C(=O)O)c2cccc(F)c12. The van der Waals surface area contributed by atoms with Crippen LogP contribution in [0.15, 0.2) is 24.4 Å². The summed E-state index contributed by atoms with van der Waals surface area (Å²) in [6.45, 7) is 0. The third-order valence-corrected chi connectivity index (χ3v) is 2.14. The lowest BCUT2D eigenvalue weighted by Gasteiger charge is -1.96. The maximum absolute atomic E-state index is 13.3. The molecular formula is C10H6FNO3. The van der Waals surface area contributed by atoms with Crippen LogP contribution in [-0.4, -0.2) is 22.1 Å². The lowest BCUT2D eigenvalue weighted by molar-refractivity contribution is 0.112. The first-order valence-corrected chi connectivity index (χ1v) is 4.13. The number of benzene rings is 1.